The van der Waals surface area contributed by atoms with Gasteiger partial charge in [0.05, 0.1) is 33.9 Å². The van der Waals surface area contributed by atoms with Gasteiger partial charge < -0.3 is 11.1 Å². The average Bonchev–Trinajstić information content (AvgIpc) is 2.38. The highest BCUT2D eigenvalue weighted by Gasteiger charge is 2.33. The van der Waals surface area contributed by atoms with Crippen LogP contribution in [0.5, 0.6) is 0 Å². The van der Waals surface area contributed by atoms with Crippen molar-refractivity contribution in [1.82, 2.24) is 4.98 Å². The van der Waals surface area contributed by atoms with E-state index in [0.717, 1.165) is 6.07 Å². The Hall–Kier alpha value is -1.79. The van der Waals surface area contributed by atoms with Gasteiger partial charge in [-0.1, -0.05) is 23.7 Å². The minimum Gasteiger partial charge on any atom is -0.354 e. The summed E-state index contributed by atoms with van der Waals surface area (Å²) >= 11 is 5.92. The number of para-hydroxylation sites is 1. The molecule has 0 bridgehead atoms. The molecule has 3 nitrogen and oxygen atoms in total. The lowest BCUT2D eigenvalue weighted by molar-refractivity contribution is -0.136. The number of nitrogens with one attached hydrogen (secondary N) is 1. The van der Waals surface area contributed by atoms with E-state index in [2.05, 4.69) is 10.3 Å². The number of nitrogens with two attached hydrogens (primary N) is 1. The fraction of sp³-hybridized carbons (Fsp3) is 0.154. The van der Waals surface area contributed by atoms with Gasteiger partial charge in [-0.05, 0) is 18.2 Å². The van der Waals surface area contributed by atoms with Crippen LogP contribution < -0.4 is 11.1 Å². The lowest BCUT2D eigenvalue weighted by Gasteiger charge is -2.14. The molecule has 0 saturated heterocycles. The van der Waals surface area contributed by atoms with Crippen LogP contribution in [0.1, 0.15) is 11.3 Å². The van der Waals surface area contributed by atoms with Crippen LogP contribution in [0.15, 0.2) is 36.5 Å². The average molecular weight is 302 g/mol. The first kappa shape index (κ1) is 14.6. The summed E-state index contributed by atoms with van der Waals surface area (Å²) in [5.41, 5.74) is 5.46. The Kier molecular flexibility index (Phi) is 4.15. The third kappa shape index (κ3) is 3.20. The minimum atomic E-state index is -4.43. The van der Waals surface area contributed by atoms with E-state index >= 15 is 0 Å². The van der Waals surface area contributed by atoms with Crippen molar-refractivity contribution in [2.75, 3.05) is 5.32 Å². The highest BCUT2D eigenvalue weighted by atomic mass is 35.5. The molecule has 0 aliphatic heterocycles. The second-order valence-corrected chi connectivity index (χ2v) is 4.43. The van der Waals surface area contributed by atoms with Gasteiger partial charge in [-0.3, -0.25) is 4.98 Å². The van der Waals surface area contributed by atoms with Crippen LogP contribution in [0.25, 0.3) is 0 Å². The Morgan fingerprint density at radius 1 is 1.25 bits per heavy atom. The molecule has 0 saturated carbocycles. The van der Waals surface area contributed by atoms with Crippen molar-refractivity contribution >= 4 is 23.0 Å². The molecule has 2 aromatic rings. The number of benzene rings is 1. The molecule has 0 amide bonds. The first-order chi connectivity index (χ1) is 9.41. The van der Waals surface area contributed by atoms with Gasteiger partial charge in [0.25, 0.3) is 0 Å². The van der Waals surface area contributed by atoms with E-state index in [0.29, 0.717) is 16.4 Å². The van der Waals surface area contributed by atoms with E-state index in [9.17, 15) is 13.2 Å². The molecule has 0 fully saturated rings. The number of hydrogen-bond acceptors (Lipinski definition) is 3. The fourth-order valence-corrected chi connectivity index (χ4v) is 1.92. The molecule has 20 heavy (non-hydrogen) atoms. The molecule has 106 valence electrons. The van der Waals surface area contributed by atoms with E-state index < -0.39 is 11.7 Å². The van der Waals surface area contributed by atoms with Crippen LogP contribution in [0, 0.1) is 0 Å². The summed E-state index contributed by atoms with van der Waals surface area (Å²) in [6, 6.07) is 6.68. The molecule has 7 heteroatoms. The van der Waals surface area contributed by atoms with Crippen LogP contribution in [-0.4, -0.2) is 4.98 Å². The zero-order valence-electron chi connectivity index (χ0n) is 10.2. The van der Waals surface area contributed by atoms with E-state index in [4.69, 9.17) is 17.3 Å². The number of rotatable bonds is 3. The third-order valence-corrected chi connectivity index (χ3v) is 2.95. The Morgan fingerprint density at radius 2 is 1.95 bits per heavy atom. The van der Waals surface area contributed by atoms with Crippen LogP contribution in [0.2, 0.25) is 5.02 Å². The quantitative estimate of drug-likeness (QED) is 0.902. The number of anilines is 2. The van der Waals surface area contributed by atoms with Crippen LogP contribution in [0.3, 0.4) is 0 Å². The molecule has 0 unspecified atom stereocenters. The van der Waals surface area contributed by atoms with E-state index in [-0.39, 0.29) is 12.2 Å². The predicted octanol–water partition coefficient (Wildman–Crippen LogP) is 3.96. The summed E-state index contributed by atoms with van der Waals surface area (Å²) in [6.45, 7) is 0.165. The Morgan fingerprint density at radius 3 is 2.55 bits per heavy atom. The third-order valence-electron chi connectivity index (χ3n) is 2.62. The molecule has 0 aliphatic rings. The zero-order valence-corrected chi connectivity index (χ0v) is 11.0. The summed E-state index contributed by atoms with van der Waals surface area (Å²) < 4.78 is 38.6. The number of aromatic nitrogens is 1. The molecule has 1 heterocycles. The molecule has 0 spiro atoms. The van der Waals surface area contributed by atoms with E-state index in [1.165, 1.54) is 30.5 Å². The Labute approximate surface area is 118 Å². The maximum absolute atomic E-state index is 12.9. The number of pyridine rings is 1. The van der Waals surface area contributed by atoms with Crippen molar-refractivity contribution in [1.29, 1.82) is 0 Å². The molecule has 0 radical (unpaired) electrons. The van der Waals surface area contributed by atoms with Gasteiger partial charge in [-0.15, -0.1) is 0 Å². The zero-order chi connectivity index (χ0) is 14.8. The fourth-order valence-electron chi connectivity index (χ4n) is 1.68. The number of halogens is 4. The van der Waals surface area contributed by atoms with Crippen LogP contribution in [-0.2, 0) is 12.7 Å². The van der Waals surface area contributed by atoms with Crippen molar-refractivity contribution in [2.24, 2.45) is 5.73 Å². The molecule has 3 N–H and O–H groups in total. The molecule has 0 aliphatic carbocycles. The summed E-state index contributed by atoms with van der Waals surface area (Å²) in [4.78, 5) is 3.98. The molecular weight excluding hydrogens is 291 g/mol. The Bertz CT molecular complexity index is 614. The van der Waals surface area contributed by atoms with Gasteiger partial charge >= 0.3 is 6.18 Å². The summed E-state index contributed by atoms with van der Waals surface area (Å²) in [5.74, 6) is 0. The summed E-state index contributed by atoms with van der Waals surface area (Å²) in [6.07, 6.45) is -3.04. The smallest absolute Gasteiger partial charge is 0.354 e. The van der Waals surface area contributed by atoms with Crippen LogP contribution >= 0.6 is 11.6 Å². The summed E-state index contributed by atoms with van der Waals surface area (Å²) in [7, 11) is 0. The predicted molar refractivity (Wildman–Crippen MR) is 71.9 cm³/mol. The topological polar surface area (TPSA) is 50.9 Å². The highest BCUT2D eigenvalue weighted by molar-refractivity contribution is 6.31. The number of nitrogens with zero attached hydrogens (tertiary/aromatic N) is 1. The van der Waals surface area contributed by atoms with Gasteiger partial charge in [0.15, 0.2) is 0 Å². The second-order valence-electron chi connectivity index (χ2n) is 4.02. The van der Waals surface area contributed by atoms with Crippen LogP contribution in [0.4, 0.5) is 24.5 Å². The summed E-state index contributed by atoms with van der Waals surface area (Å²) in [5, 5.41) is 2.97. The van der Waals surface area contributed by atoms with Gasteiger partial charge in [0, 0.05) is 6.54 Å². The van der Waals surface area contributed by atoms with Crippen molar-refractivity contribution in [3.63, 3.8) is 0 Å². The Balaban J connectivity index is 2.33. The monoisotopic (exact) mass is 301 g/mol. The lowest BCUT2D eigenvalue weighted by Crippen LogP contribution is -2.09. The second kappa shape index (κ2) is 5.68. The van der Waals surface area contributed by atoms with Crippen molar-refractivity contribution < 1.29 is 13.2 Å². The van der Waals surface area contributed by atoms with Gasteiger partial charge in [-0.2, -0.15) is 13.2 Å². The molecular formula is C13H11ClF3N3. The number of alkyl halides is 3. The molecule has 0 atom stereocenters. The van der Waals surface area contributed by atoms with Gasteiger partial charge in [-0.25, -0.2) is 0 Å². The van der Waals surface area contributed by atoms with E-state index in [1.54, 1.807) is 0 Å². The van der Waals surface area contributed by atoms with E-state index in [1.807, 2.05) is 0 Å². The standard InChI is InChI=1S/C13H11ClF3N3/c14-10-5-8(7-19-12(10)6-18)20-11-4-2-1-3-9(11)13(15,16)17/h1-5,7,20H,6,18H2. The molecule has 2 rings (SSSR count). The van der Waals surface area contributed by atoms with Gasteiger partial charge in [0.2, 0.25) is 0 Å². The highest BCUT2D eigenvalue weighted by Crippen LogP contribution is 2.36. The normalized spacial score (nSPS) is 11.4. The molecule has 1 aromatic heterocycles. The SMILES string of the molecule is NCc1ncc(Nc2ccccc2C(F)(F)F)cc1Cl. The maximum atomic E-state index is 12.9. The first-order valence-electron chi connectivity index (χ1n) is 5.69. The van der Waals surface area contributed by atoms with Gasteiger partial charge in [0.1, 0.15) is 0 Å². The number of hydrogen-bond donors (Lipinski definition) is 2. The first-order valence-corrected chi connectivity index (χ1v) is 6.07. The lowest BCUT2D eigenvalue weighted by atomic mass is 10.1. The largest absolute Gasteiger partial charge is 0.418 e. The molecule has 1 aromatic carbocycles. The minimum absolute atomic E-state index is 0.0571. The van der Waals surface area contributed by atoms with Crippen molar-refractivity contribution in [3.05, 3.63) is 52.8 Å². The van der Waals surface area contributed by atoms with Crippen molar-refractivity contribution in [3.8, 4) is 0 Å². The maximum Gasteiger partial charge on any atom is 0.418 e. The van der Waals surface area contributed by atoms with Crippen molar-refractivity contribution in [2.45, 2.75) is 12.7 Å².